The van der Waals surface area contributed by atoms with Crippen molar-refractivity contribution in [2.24, 2.45) is 4.99 Å². The molecule has 31 heavy (non-hydrogen) atoms. The van der Waals surface area contributed by atoms with Crippen LogP contribution in [-0.4, -0.2) is 60.2 Å². The van der Waals surface area contributed by atoms with Gasteiger partial charge in [-0.05, 0) is 37.1 Å². The molecule has 0 saturated carbocycles. The molecule has 2 heterocycles. The Kier molecular flexibility index (Phi) is 8.34. The summed E-state index contributed by atoms with van der Waals surface area (Å²) >= 11 is 0. The Morgan fingerprint density at radius 3 is 2.58 bits per heavy atom. The van der Waals surface area contributed by atoms with E-state index in [0.717, 1.165) is 62.9 Å². The topological polar surface area (TPSA) is 64.0 Å². The standard InChI is InChI=1S/C24H29N5O.HI/c1-2-25-24(27-14-12-20-8-5-7-19-9-6-13-26-23(19)20)29-17-15-28(16-18-29)21-10-3-4-11-22(21)30;/h3-11,13,30H,2,12,14-18H2,1H3,(H,25,27);1H. The van der Waals surface area contributed by atoms with E-state index in [1.54, 1.807) is 6.07 Å². The van der Waals surface area contributed by atoms with Crippen LogP contribution in [0.4, 0.5) is 5.69 Å². The van der Waals surface area contributed by atoms with E-state index in [0.29, 0.717) is 5.75 Å². The lowest BCUT2D eigenvalue weighted by molar-refractivity contribution is 0.370. The molecule has 3 aromatic rings. The molecule has 1 fully saturated rings. The summed E-state index contributed by atoms with van der Waals surface area (Å²) in [6.07, 6.45) is 2.71. The molecule has 0 bridgehead atoms. The van der Waals surface area contributed by atoms with Crippen molar-refractivity contribution in [1.29, 1.82) is 0 Å². The van der Waals surface area contributed by atoms with Crippen LogP contribution >= 0.6 is 24.0 Å². The second kappa shape index (κ2) is 11.2. The summed E-state index contributed by atoms with van der Waals surface area (Å²) in [5.41, 5.74) is 3.20. The maximum Gasteiger partial charge on any atom is 0.194 e. The predicted molar refractivity (Wildman–Crippen MR) is 139 cm³/mol. The van der Waals surface area contributed by atoms with Crippen molar-refractivity contribution in [3.63, 3.8) is 0 Å². The highest BCUT2D eigenvalue weighted by atomic mass is 127. The number of aromatic nitrogens is 1. The highest BCUT2D eigenvalue weighted by Crippen LogP contribution is 2.27. The van der Waals surface area contributed by atoms with Gasteiger partial charge in [0, 0.05) is 50.9 Å². The first kappa shape index (κ1) is 23.1. The number of piperazine rings is 1. The number of anilines is 1. The van der Waals surface area contributed by atoms with Gasteiger partial charge < -0.3 is 20.2 Å². The van der Waals surface area contributed by atoms with Gasteiger partial charge in [0.2, 0.25) is 0 Å². The van der Waals surface area contributed by atoms with Crippen LogP contribution in [0.15, 0.2) is 65.8 Å². The summed E-state index contributed by atoms with van der Waals surface area (Å²) in [6.45, 7) is 7.12. The Morgan fingerprint density at radius 2 is 1.81 bits per heavy atom. The van der Waals surface area contributed by atoms with Crippen LogP contribution in [0.1, 0.15) is 12.5 Å². The molecular weight excluding hydrogens is 501 g/mol. The summed E-state index contributed by atoms with van der Waals surface area (Å²) in [4.78, 5) is 14.0. The Morgan fingerprint density at radius 1 is 1.03 bits per heavy atom. The zero-order valence-corrected chi connectivity index (χ0v) is 20.2. The molecule has 0 spiro atoms. The molecule has 1 saturated heterocycles. The average molecular weight is 531 g/mol. The summed E-state index contributed by atoms with van der Waals surface area (Å²) in [5.74, 6) is 1.30. The minimum absolute atomic E-state index is 0. The first-order chi connectivity index (χ1) is 14.8. The largest absolute Gasteiger partial charge is 0.506 e. The number of pyridine rings is 1. The van der Waals surface area contributed by atoms with E-state index in [2.05, 4.69) is 51.3 Å². The zero-order valence-electron chi connectivity index (χ0n) is 17.9. The van der Waals surface area contributed by atoms with Crippen molar-refractivity contribution in [3.8, 4) is 5.75 Å². The van der Waals surface area contributed by atoms with Crippen molar-refractivity contribution in [3.05, 3.63) is 66.4 Å². The predicted octanol–water partition coefficient (Wildman–Crippen LogP) is 3.89. The molecule has 4 rings (SSSR count). The summed E-state index contributed by atoms with van der Waals surface area (Å²) in [6, 6.07) is 18.0. The number of para-hydroxylation sites is 3. The molecule has 0 aliphatic carbocycles. The van der Waals surface area contributed by atoms with Crippen LogP contribution in [0.5, 0.6) is 5.75 Å². The third-order valence-electron chi connectivity index (χ3n) is 5.50. The van der Waals surface area contributed by atoms with E-state index in [-0.39, 0.29) is 24.0 Å². The van der Waals surface area contributed by atoms with Crippen LogP contribution in [0.25, 0.3) is 10.9 Å². The van der Waals surface area contributed by atoms with Crippen molar-refractivity contribution >= 4 is 46.5 Å². The Hall–Kier alpha value is -2.55. The van der Waals surface area contributed by atoms with E-state index in [1.807, 2.05) is 30.5 Å². The van der Waals surface area contributed by atoms with Gasteiger partial charge in [0.05, 0.1) is 11.2 Å². The molecule has 7 heteroatoms. The second-order valence-electron chi connectivity index (χ2n) is 7.44. The number of nitrogens with one attached hydrogen (secondary N) is 1. The van der Waals surface area contributed by atoms with Crippen molar-refractivity contribution < 1.29 is 5.11 Å². The zero-order chi connectivity index (χ0) is 20.8. The molecular formula is C24H30IN5O. The van der Waals surface area contributed by atoms with Gasteiger partial charge in [0.1, 0.15) is 5.75 Å². The Bertz CT molecular complexity index is 1010. The van der Waals surface area contributed by atoms with E-state index < -0.39 is 0 Å². The maximum atomic E-state index is 10.1. The maximum absolute atomic E-state index is 10.1. The van der Waals surface area contributed by atoms with Crippen molar-refractivity contribution in [1.82, 2.24) is 15.2 Å². The molecule has 0 unspecified atom stereocenters. The van der Waals surface area contributed by atoms with Gasteiger partial charge in [-0.1, -0.05) is 36.4 Å². The van der Waals surface area contributed by atoms with E-state index >= 15 is 0 Å². The molecule has 0 amide bonds. The number of aromatic hydroxyl groups is 1. The minimum Gasteiger partial charge on any atom is -0.506 e. The van der Waals surface area contributed by atoms with Gasteiger partial charge in [-0.15, -0.1) is 24.0 Å². The van der Waals surface area contributed by atoms with Gasteiger partial charge in [-0.25, -0.2) is 0 Å². The summed E-state index contributed by atoms with van der Waals surface area (Å²) < 4.78 is 0. The SMILES string of the molecule is CCNC(=NCCc1cccc2cccnc12)N1CCN(c2ccccc2O)CC1.I. The van der Waals surface area contributed by atoms with Crippen molar-refractivity contribution in [2.45, 2.75) is 13.3 Å². The second-order valence-corrected chi connectivity index (χ2v) is 7.44. The number of phenols is 1. The number of nitrogens with zero attached hydrogens (tertiary/aromatic N) is 4. The highest BCUT2D eigenvalue weighted by Gasteiger charge is 2.21. The molecule has 0 atom stereocenters. The number of guanidine groups is 1. The normalized spacial score (nSPS) is 14.4. The fourth-order valence-electron chi connectivity index (χ4n) is 3.97. The number of benzene rings is 2. The van der Waals surface area contributed by atoms with Crippen LogP contribution in [-0.2, 0) is 6.42 Å². The van der Waals surface area contributed by atoms with Gasteiger partial charge in [-0.3, -0.25) is 9.98 Å². The number of rotatable bonds is 5. The smallest absolute Gasteiger partial charge is 0.194 e. The molecule has 0 radical (unpaired) electrons. The molecule has 1 aliphatic heterocycles. The summed E-state index contributed by atoms with van der Waals surface area (Å²) in [7, 11) is 0. The number of hydrogen-bond acceptors (Lipinski definition) is 4. The average Bonchev–Trinajstić information content (AvgIpc) is 2.79. The van der Waals surface area contributed by atoms with Crippen LogP contribution in [0.3, 0.4) is 0 Å². The lowest BCUT2D eigenvalue weighted by Gasteiger charge is -2.37. The number of hydrogen-bond donors (Lipinski definition) is 2. The molecule has 2 N–H and O–H groups in total. The van der Waals surface area contributed by atoms with Crippen LogP contribution < -0.4 is 10.2 Å². The lowest BCUT2D eigenvalue weighted by atomic mass is 10.1. The fourth-order valence-corrected chi connectivity index (χ4v) is 3.97. The number of phenolic OH excluding ortho intramolecular Hbond substituents is 1. The highest BCUT2D eigenvalue weighted by molar-refractivity contribution is 14.0. The number of aliphatic imine (C=N–C) groups is 1. The molecule has 164 valence electrons. The van der Waals surface area contributed by atoms with E-state index in [1.165, 1.54) is 10.9 Å². The van der Waals surface area contributed by atoms with Crippen LogP contribution in [0.2, 0.25) is 0 Å². The van der Waals surface area contributed by atoms with Gasteiger partial charge in [-0.2, -0.15) is 0 Å². The molecule has 6 nitrogen and oxygen atoms in total. The Balaban J connectivity index is 0.00000272. The third kappa shape index (κ3) is 5.58. The Labute approximate surface area is 201 Å². The lowest BCUT2D eigenvalue weighted by Crippen LogP contribution is -2.52. The van der Waals surface area contributed by atoms with E-state index in [4.69, 9.17) is 4.99 Å². The van der Waals surface area contributed by atoms with Gasteiger partial charge in [0.15, 0.2) is 5.96 Å². The molecule has 2 aromatic carbocycles. The molecule has 1 aliphatic rings. The number of fused-ring (bicyclic) bond motifs is 1. The van der Waals surface area contributed by atoms with E-state index in [9.17, 15) is 5.11 Å². The fraction of sp³-hybridized carbons (Fsp3) is 0.333. The molecule has 1 aromatic heterocycles. The third-order valence-corrected chi connectivity index (χ3v) is 5.50. The minimum atomic E-state index is 0. The summed E-state index contributed by atoms with van der Waals surface area (Å²) in [5, 5.41) is 14.7. The van der Waals surface area contributed by atoms with Crippen LogP contribution in [0, 0.1) is 0 Å². The first-order valence-electron chi connectivity index (χ1n) is 10.6. The van der Waals surface area contributed by atoms with Gasteiger partial charge in [0.25, 0.3) is 0 Å². The van der Waals surface area contributed by atoms with Gasteiger partial charge >= 0.3 is 0 Å². The monoisotopic (exact) mass is 531 g/mol. The van der Waals surface area contributed by atoms with Crippen molar-refractivity contribution in [2.75, 3.05) is 44.2 Å². The quantitative estimate of drug-likeness (QED) is 0.297. The number of halogens is 1. The first-order valence-corrected chi connectivity index (χ1v) is 10.6.